The van der Waals surface area contributed by atoms with Crippen LogP contribution in [0.15, 0.2) is 29.3 Å². The van der Waals surface area contributed by atoms with Crippen LogP contribution < -0.4 is 10.6 Å². The highest BCUT2D eigenvalue weighted by atomic mass is 127. The van der Waals surface area contributed by atoms with E-state index in [-0.39, 0.29) is 29.4 Å². The first-order chi connectivity index (χ1) is 11.3. The number of hydrogen-bond donors (Lipinski definition) is 2. The van der Waals surface area contributed by atoms with Gasteiger partial charge >= 0.3 is 0 Å². The summed E-state index contributed by atoms with van der Waals surface area (Å²) in [5.74, 6) is 0.807. The Morgan fingerprint density at radius 1 is 1.20 bits per heavy atom. The van der Waals surface area contributed by atoms with E-state index in [1.54, 1.807) is 18.4 Å². The smallest absolute Gasteiger partial charge is 0.191 e. The second kappa shape index (κ2) is 9.52. The lowest BCUT2D eigenvalue weighted by Crippen LogP contribution is -2.43. The van der Waals surface area contributed by atoms with Crippen molar-refractivity contribution in [3.8, 4) is 0 Å². The number of hydrogen-bond acceptors (Lipinski definition) is 3. The van der Waals surface area contributed by atoms with Gasteiger partial charge in [-0.3, -0.25) is 4.99 Å². The lowest BCUT2D eigenvalue weighted by molar-refractivity contribution is 0.508. The molecule has 0 amide bonds. The summed E-state index contributed by atoms with van der Waals surface area (Å²) in [5, 5.41) is 7.87. The number of nitrogens with zero attached hydrogens (tertiary/aromatic N) is 2. The van der Waals surface area contributed by atoms with Gasteiger partial charge in [-0.2, -0.15) is 0 Å². The van der Waals surface area contributed by atoms with Gasteiger partial charge in [0.15, 0.2) is 5.96 Å². The fourth-order valence-corrected chi connectivity index (χ4v) is 3.34. The van der Waals surface area contributed by atoms with Gasteiger partial charge in [0.2, 0.25) is 0 Å². The van der Waals surface area contributed by atoms with Crippen LogP contribution in [0.1, 0.15) is 40.6 Å². The van der Waals surface area contributed by atoms with Crippen molar-refractivity contribution in [3.05, 3.63) is 51.0 Å². The molecule has 0 bridgehead atoms. The second-order valence-electron chi connectivity index (χ2n) is 6.78. The molecule has 0 saturated carbocycles. The minimum Gasteiger partial charge on any atom is -0.356 e. The van der Waals surface area contributed by atoms with Crippen LogP contribution in [0.5, 0.6) is 0 Å². The summed E-state index contributed by atoms with van der Waals surface area (Å²) >= 11 is 1.73. The van der Waals surface area contributed by atoms with Gasteiger partial charge < -0.3 is 10.6 Å². The SMILES string of the molecule is CN=C(NCc1nc(C)c(C)s1)NCC(C)(C)c1cccc(C)c1.I. The number of aliphatic imine (C=N–C) groups is 1. The molecule has 0 aliphatic carbocycles. The van der Waals surface area contributed by atoms with Gasteiger partial charge in [0.25, 0.3) is 0 Å². The number of halogens is 1. The standard InChI is InChI=1S/C19H28N4S.HI/c1-13-8-7-9-16(10-13)19(4,5)12-22-18(20-6)21-11-17-23-14(2)15(3)24-17;/h7-10H,11-12H2,1-6H3,(H2,20,21,22);1H. The Hall–Kier alpha value is -1.15. The van der Waals surface area contributed by atoms with Crippen molar-refractivity contribution < 1.29 is 0 Å². The molecule has 0 aliphatic heterocycles. The Morgan fingerprint density at radius 3 is 2.48 bits per heavy atom. The Balaban J connectivity index is 0.00000312. The predicted octanol–water partition coefficient (Wildman–Crippen LogP) is 4.33. The van der Waals surface area contributed by atoms with E-state index in [1.807, 2.05) is 6.92 Å². The van der Waals surface area contributed by atoms with Crippen molar-refractivity contribution in [1.82, 2.24) is 15.6 Å². The van der Waals surface area contributed by atoms with E-state index in [2.05, 4.69) is 72.6 Å². The number of aryl methyl sites for hydroxylation is 3. The quantitative estimate of drug-likeness (QED) is 0.387. The number of nitrogens with one attached hydrogen (secondary N) is 2. The molecule has 2 rings (SSSR count). The highest BCUT2D eigenvalue weighted by Gasteiger charge is 2.21. The summed E-state index contributed by atoms with van der Waals surface area (Å²) in [7, 11) is 1.80. The molecule has 4 nitrogen and oxygen atoms in total. The summed E-state index contributed by atoms with van der Waals surface area (Å²) < 4.78 is 0. The van der Waals surface area contributed by atoms with E-state index in [4.69, 9.17) is 0 Å². The van der Waals surface area contributed by atoms with Gasteiger partial charge in [-0.05, 0) is 26.3 Å². The maximum atomic E-state index is 4.56. The molecule has 0 fully saturated rings. The Kier molecular flexibility index (Phi) is 8.34. The van der Waals surface area contributed by atoms with E-state index >= 15 is 0 Å². The van der Waals surface area contributed by atoms with Crippen LogP contribution in [-0.4, -0.2) is 24.5 Å². The first-order valence-corrected chi connectivity index (χ1v) is 9.08. The van der Waals surface area contributed by atoms with Gasteiger partial charge in [0.05, 0.1) is 12.2 Å². The Bertz CT molecular complexity index is 702. The minimum absolute atomic E-state index is 0. The number of guanidine groups is 1. The van der Waals surface area contributed by atoms with Gasteiger partial charge in [0.1, 0.15) is 5.01 Å². The normalized spacial score (nSPS) is 11.8. The number of rotatable bonds is 5. The highest BCUT2D eigenvalue weighted by molar-refractivity contribution is 14.0. The molecule has 1 aromatic heterocycles. The van der Waals surface area contributed by atoms with Crippen LogP contribution >= 0.6 is 35.3 Å². The molecule has 0 atom stereocenters. The van der Waals surface area contributed by atoms with Crippen LogP contribution in [0.4, 0.5) is 0 Å². The molecule has 0 saturated heterocycles. The monoisotopic (exact) mass is 472 g/mol. The average Bonchev–Trinajstić information content (AvgIpc) is 2.86. The molecule has 138 valence electrons. The number of thiazole rings is 1. The van der Waals surface area contributed by atoms with Gasteiger partial charge in [-0.25, -0.2) is 4.98 Å². The van der Waals surface area contributed by atoms with E-state index in [9.17, 15) is 0 Å². The minimum atomic E-state index is 0. The first-order valence-electron chi connectivity index (χ1n) is 8.26. The molecule has 1 heterocycles. The summed E-state index contributed by atoms with van der Waals surface area (Å²) in [6, 6.07) is 8.68. The van der Waals surface area contributed by atoms with Crippen molar-refractivity contribution in [2.45, 2.75) is 46.6 Å². The van der Waals surface area contributed by atoms with E-state index in [0.717, 1.165) is 23.2 Å². The molecular formula is C19H29IN4S. The van der Waals surface area contributed by atoms with Crippen LogP contribution in [0.25, 0.3) is 0 Å². The fraction of sp³-hybridized carbons (Fsp3) is 0.474. The van der Waals surface area contributed by atoms with Crippen molar-refractivity contribution in [2.24, 2.45) is 4.99 Å². The van der Waals surface area contributed by atoms with Crippen molar-refractivity contribution in [3.63, 3.8) is 0 Å². The van der Waals surface area contributed by atoms with Crippen LogP contribution in [0.3, 0.4) is 0 Å². The number of benzene rings is 1. The van der Waals surface area contributed by atoms with E-state index < -0.39 is 0 Å². The summed E-state index contributed by atoms with van der Waals surface area (Å²) in [6.07, 6.45) is 0. The third-order valence-corrected chi connectivity index (χ3v) is 5.27. The van der Waals surface area contributed by atoms with Gasteiger partial charge in [0, 0.05) is 23.9 Å². The molecule has 0 aliphatic rings. The largest absolute Gasteiger partial charge is 0.356 e. The lowest BCUT2D eigenvalue weighted by atomic mass is 9.84. The molecular weight excluding hydrogens is 443 g/mol. The molecule has 0 spiro atoms. The molecule has 25 heavy (non-hydrogen) atoms. The lowest BCUT2D eigenvalue weighted by Gasteiger charge is -2.27. The van der Waals surface area contributed by atoms with Crippen LogP contribution in [0, 0.1) is 20.8 Å². The Labute approximate surface area is 172 Å². The van der Waals surface area contributed by atoms with E-state index in [1.165, 1.54) is 16.0 Å². The number of aromatic nitrogens is 1. The van der Waals surface area contributed by atoms with Crippen LogP contribution in [-0.2, 0) is 12.0 Å². The second-order valence-corrected chi connectivity index (χ2v) is 8.07. The highest BCUT2D eigenvalue weighted by Crippen LogP contribution is 2.23. The molecule has 2 aromatic rings. The molecule has 1 aromatic carbocycles. The van der Waals surface area contributed by atoms with Crippen molar-refractivity contribution >= 4 is 41.3 Å². The fourth-order valence-electron chi connectivity index (χ4n) is 2.47. The molecule has 6 heteroatoms. The average molecular weight is 472 g/mol. The maximum Gasteiger partial charge on any atom is 0.191 e. The first kappa shape index (κ1) is 21.9. The Morgan fingerprint density at radius 2 is 1.92 bits per heavy atom. The molecule has 0 unspecified atom stereocenters. The summed E-state index contributed by atoms with van der Waals surface area (Å²) in [6.45, 7) is 12.3. The zero-order valence-electron chi connectivity index (χ0n) is 15.9. The summed E-state index contributed by atoms with van der Waals surface area (Å²) in [5.41, 5.74) is 3.76. The molecule has 0 radical (unpaired) electrons. The van der Waals surface area contributed by atoms with Crippen LogP contribution in [0.2, 0.25) is 0 Å². The third-order valence-electron chi connectivity index (χ3n) is 4.20. The topological polar surface area (TPSA) is 49.3 Å². The van der Waals surface area contributed by atoms with Gasteiger partial charge in [-0.15, -0.1) is 35.3 Å². The zero-order valence-corrected chi connectivity index (χ0v) is 19.1. The predicted molar refractivity (Wildman–Crippen MR) is 119 cm³/mol. The van der Waals surface area contributed by atoms with Gasteiger partial charge in [-0.1, -0.05) is 43.7 Å². The summed E-state index contributed by atoms with van der Waals surface area (Å²) in [4.78, 5) is 10.1. The third kappa shape index (κ3) is 6.26. The van der Waals surface area contributed by atoms with Crippen molar-refractivity contribution in [1.29, 1.82) is 0 Å². The zero-order chi connectivity index (χ0) is 17.7. The van der Waals surface area contributed by atoms with Crippen molar-refractivity contribution in [2.75, 3.05) is 13.6 Å². The van der Waals surface area contributed by atoms with E-state index in [0.29, 0.717) is 6.54 Å². The maximum absolute atomic E-state index is 4.56. The molecule has 2 N–H and O–H groups in total.